The predicted molar refractivity (Wildman–Crippen MR) is 131 cm³/mol. The first-order chi connectivity index (χ1) is 15.2. The van der Waals surface area contributed by atoms with E-state index in [0.29, 0.717) is 33.5 Å². The third-order valence-electron chi connectivity index (χ3n) is 4.88. The molecule has 1 aromatic heterocycles. The first-order valence-corrected chi connectivity index (χ1v) is 13.0. The molecule has 0 aliphatic carbocycles. The number of nitrogens with zero attached hydrogens (tertiary/aromatic N) is 3. The Hall–Kier alpha value is -1.97. The topological polar surface area (TPSA) is 71.7 Å². The standard InChI is InChI=1S/C22H23Cl2N3O3S2/c1-4-6-14-26(3)32(29,30)16-9-7-15(8-10-16)21(28)25-22-27(13-5-2)20-18(31-22)12-11-17(23)19(20)24/h5,7-12H,2,4,6,13-14H2,1,3H3. The number of aromatic nitrogens is 1. The zero-order valence-electron chi connectivity index (χ0n) is 17.7. The van der Waals surface area contributed by atoms with E-state index in [-0.39, 0.29) is 10.5 Å². The molecule has 0 atom stereocenters. The zero-order valence-corrected chi connectivity index (χ0v) is 20.9. The summed E-state index contributed by atoms with van der Waals surface area (Å²) in [6.45, 7) is 6.60. The number of thiazole rings is 1. The quantitative estimate of drug-likeness (QED) is 0.382. The number of fused-ring (bicyclic) bond motifs is 1. The van der Waals surface area contributed by atoms with Crippen molar-refractivity contribution in [2.75, 3.05) is 13.6 Å². The molecule has 1 amide bonds. The van der Waals surface area contributed by atoms with Crippen LogP contribution in [0, 0.1) is 0 Å². The van der Waals surface area contributed by atoms with Gasteiger partial charge in [0, 0.05) is 25.7 Å². The lowest BCUT2D eigenvalue weighted by molar-refractivity contribution is 0.0998. The fraction of sp³-hybridized carbons (Fsp3) is 0.273. The van der Waals surface area contributed by atoms with Gasteiger partial charge in [0.25, 0.3) is 5.91 Å². The number of allylic oxidation sites excluding steroid dienone is 1. The number of carbonyl (C=O) groups excluding carboxylic acids is 1. The van der Waals surface area contributed by atoms with E-state index in [4.69, 9.17) is 23.2 Å². The van der Waals surface area contributed by atoms with Crippen LogP contribution >= 0.6 is 34.5 Å². The Balaban J connectivity index is 1.97. The highest BCUT2D eigenvalue weighted by molar-refractivity contribution is 7.89. The third kappa shape index (κ3) is 5.00. The summed E-state index contributed by atoms with van der Waals surface area (Å²) in [6.07, 6.45) is 3.36. The molecule has 0 aliphatic rings. The molecule has 0 unspecified atom stereocenters. The van der Waals surface area contributed by atoms with E-state index in [9.17, 15) is 13.2 Å². The van der Waals surface area contributed by atoms with E-state index in [1.54, 1.807) is 23.8 Å². The van der Waals surface area contributed by atoms with Crippen LogP contribution in [0.4, 0.5) is 0 Å². The van der Waals surface area contributed by atoms with E-state index < -0.39 is 15.9 Å². The van der Waals surface area contributed by atoms with Crippen LogP contribution in [-0.4, -0.2) is 36.8 Å². The van der Waals surface area contributed by atoms with Gasteiger partial charge in [0.1, 0.15) is 0 Å². The summed E-state index contributed by atoms with van der Waals surface area (Å²) in [6, 6.07) is 9.33. The molecule has 2 aromatic carbocycles. The van der Waals surface area contributed by atoms with E-state index in [2.05, 4.69) is 11.6 Å². The van der Waals surface area contributed by atoms with Crippen LogP contribution < -0.4 is 4.80 Å². The van der Waals surface area contributed by atoms with Crippen molar-refractivity contribution in [2.45, 2.75) is 31.2 Å². The lowest BCUT2D eigenvalue weighted by atomic mass is 10.2. The van der Waals surface area contributed by atoms with E-state index in [1.807, 2.05) is 13.0 Å². The SMILES string of the molecule is C=CCn1c(=NC(=O)c2ccc(S(=O)(=O)N(C)CCCC)cc2)sc2ccc(Cl)c(Cl)c21. The second kappa shape index (κ2) is 10.3. The fourth-order valence-corrected chi connectivity index (χ4v) is 5.82. The van der Waals surface area contributed by atoms with Crippen LogP contribution in [0.15, 0.2) is 58.9 Å². The fourth-order valence-electron chi connectivity index (χ4n) is 3.09. The van der Waals surface area contributed by atoms with E-state index >= 15 is 0 Å². The van der Waals surface area contributed by atoms with Gasteiger partial charge in [0.05, 0.1) is 25.2 Å². The largest absolute Gasteiger partial charge is 0.311 e. The van der Waals surface area contributed by atoms with Crippen molar-refractivity contribution in [3.05, 3.63) is 69.5 Å². The Kier molecular flexibility index (Phi) is 7.95. The summed E-state index contributed by atoms with van der Waals surface area (Å²) in [4.78, 5) is 17.7. The Morgan fingerprint density at radius 3 is 2.53 bits per heavy atom. The maximum atomic E-state index is 12.8. The van der Waals surface area contributed by atoms with Gasteiger partial charge >= 0.3 is 0 Å². The Bertz CT molecular complexity index is 1330. The van der Waals surface area contributed by atoms with Crippen LogP contribution in [-0.2, 0) is 16.6 Å². The average molecular weight is 512 g/mol. The second-order valence-corrected chi connectivity index (χ2v) is 11.0. The molecule has 3 rings (SSSR count). The molecule has 3 aromatic rings. The molecular formula is C22H23Cl2N3O3S2. The Labute approximate surface area is 201 Å². The number of sulfonamides is 1. The van der Waals surface area contributed by atoms with Gasteiger partial charge in [-0.25, -0.2) is 12.7 Å². The van der Waals surface area contributed by atoms with Crippen molar-refractivity contribution in [3.63, 3.8) is 0 Å². The van der Waals surface area contributed by atoms with Crippen LogP contribution in [0.2, 0.25) is 10.0 Å². The van der Waals surface area contributed by atoms with E-state index in [0.717, 1.165) is 17.5 Å². The van der Waals surface area contributed by atoms with Crippen LogP contribution in [0.25, 0.3) is 10.2 Å². The van der Waals surface area contributed by atoms with Gasteiger partial charge < -0.3 is 4.57 Å². The summed E-state index contributed by atoms with van der Waals surface area (Å²) in [5.41, 5.74) is 0.971. The lowest BCUT2D eigenvalue weighted by Gasteiger charge is -2.16. The average Bonchev–Trinajstić information content (AvgIpc) is 3.12. The molecule has 32 heavy (non-hydrogen) atoms. The molecule has 170 valence electrons. The number of hydrogen-bond acceptors (Lipinski definition) is 4. The highest BCUT2D eigenvalue weighted by Crippen LogP contribution is 2.32. The van der Waals surface area contributed by atoms with E-state index in [1.165, 1.54) is 39.9 Å². The summed E-state index contributed by atoms with van der Waals surface area (Å²) in [5.74, 6) is -0.486. The number of halogens is 2. The minimum absolute atomic E-state index is 0.137. The molecule has 0 aliphatic heterocycles. The summed E-state index contributed by atoms with van der Waals surface area (Å²) in [7, 11) is -2.05. The minimum Gasteiger partial charge on any atom is -0.311 e. The Morgan fingerprint density at radius 1 is 1.22 bits per heavy atom. The van der Waals surface area contributed by atoms with Crippen molar-refractivity contribution in [2.24, 2.45) is 4.99 Å². The first-order valence-electron chi connectivity index (χ1n) is 9.94. The molecule has 0 bridgehead atoms. The maximum Gasteiger partial charge on any atom is 0.279 e. The van der Waals surface area contributed by atoms with Gasteiger partial charge in [0.2, 0.25) is 10.0 Å². The predicted octanol–water partition coefficient (Wildman–Crippen LogP) is 5.36. The molecule has 0 saturated heterocycles. The first kappa shape index (κ1) is 24.7. The van der Waals surface area contributed by atoms with Crippen molar-refractivity contribution >= 4 is 60.7 Å². The molecule has 0 spiro atoms. The molecule has 6 nitrogen and oxygen atoms in total. The minimum atomic E-state index is -3.60. The number of amides is 1. The number of rotatable bonds is 8. The van der Waals surface area contributed by atoms with Crippen LogP contribution in [0.3, 0.4) is 0 Å². The van der Waals surface area contributed by atoms with Crippen molar-refractivity contribution in [3.8, 4) is 0 Å². The zero-order chi connectivity index (χ0) is 23.5. The molecule has 10 heteroatoms. The third-order valence-corrected chi connectivity index (χ3v) is 8.59. The highest BCUT2D eigenvalue weighted by Gasteiger charge is 2.20. The van der Waals surface area contributed by atoms with Crippen molar-refractivity contribution in [1.82, 2.24) is 8.87 Å². The molecular weight excluding hydrogens is 489 g/mol. The van der Waals surface area contributed by atoms with Crippen LogP contribution in [0.5, 0.6) is 0 Å². The van der Waals surface area contributed by atoms with Crippen LogP contribution in [0.1, 0.15) is 30.1 Å². The number of unbranched alkanes of at least 4 members (excludes halogenated alkanes) is 1. The van der Waals surface area contributed by atoms with Crippen molar-refractivity contribution < 1.29 is 13.2 Å². The normalized spacial score (nSPS) is 12.6. The van der Waals surface area contributed by atoms with Gasteiger partial charge in [0.15, 0.2) is 4.80 Å². The number of benzene rings is 2. The molecule has 0 radical (unpaired) electrons. The maximum absolute atomic E-state index is 12.8. The molecule has 1 heterocycles. The monoisotopic (exact) mass is 511 g/mol. The number of carbonyl (C=O) groups is 1. The summed E-state index contributed by atoms with van der Waals surface area (Å²) < 4.78 is 29.3. The van der Waals surface area contributed by atoms with Gasteiger partial charge in [-0.3, -0.25) is 4.79 Å². The van der Waals surface area contributed by atoms with Gasteiger partial charge in [-0.05, 0) is 42.8 Å². The second-order valence-electron chi connectivity index (χ2n) is 7.11. The number of hydrogen-bond donors (Lipinski definition) is 0. The molecule has 0 saturated carbocycles. The van der Waals surface area contributed by atoms with Gasteiger partial charge in [-0.2, -0.15) is 4.99 Å². The highest BCUT2D eigenvalue weighted by atomic mass is 35.5. The lowest BCUT2D eigenvalue weighted by Crippen LogP contribution is -2.27. The van der Waals surface area contributed by atoms with Gasteiger partial charge in [-0.15, -0.1) is 6.58 Å². The van der Waals surface area contributed by atoms with Gasteiger partial charge in [-0.1, -0.05) is 54.0 Å². The summed E-state index contributed by atoms with van der Waals surface area (Å²) >= 11 is 13.8. The molecule has 0 fully saturated rings. The Morgan fingerprint density at radius 2 is 1.91 bits per heavy atom. The summed E-state index contributed by atoms with van der Waals surface area (Å²) in [5, 5.41) is 0.797. The smallest absolute Gasteiger partial charge is 0.279 e. The van der Waals surface area contributed by atoms with Crippen molar-refractivity contribution in [1.29, 1.82) is 0 Å². The molecule has 0 N–H and O–H groups in total.